The average molecular weight is 475 g/mol. The average Bonchev–Trinajstić information content (AvgIpc) is 2.77. The van der Waals surface area contributed by atoms with Crippen LogP contribution in [0.3, 0.4) is 0 Å². The molecule has 0 atom stereocenters. The van der Waals surface area contributed by atoms with Crippen LogP contribution in [0.4, 0.5) is 0 Å². The number of rotatable bonds is 2. The van der Waals surface area contributed by atoms with E-state index in [1.165, 1.54) is 52.7 Å². The Morgan fingerprint density at radius 2 is 1.59 bits per heavy atom. The molecule has 1 aliphatic rings. The van der Waals surface area contributed by atoms with Crippen molar-refractivity contribution in [3.8, 4) is 11.3 Å². The monoisotopic (exact) mass is 474 g/mol. The molecule has 2 aromatic carbocycles. The van der Waals surface area contributed by atoms with Gasteiger partial charge in [0.2, 0.25) is 5.69 Å². The highest BCUT2D eigenvalue weighted by Crippen LogP contribution is 2.41. The maximum Gasteiger partial charge on any atom is 0.220 e. The SMILES string of the molecule is [2H]c1c([2H])[n+](C)c(-c2cc(C(C)(C)C)cc(C(C)(C)C)c2C)c2ccc(C3CC[Si](C)(C)CC3)cc12. The summed E-state index contributed by atoms with van der Waals surface area (Å²) in [4.78, 5) is 0. The first kappa shape index (κ1) is 22.5. The third kappa shape index (κ3) is 4.89. The molecule has 0 radical (unpaired) electrons. The van der Waals surface area contributed by atoms with Gasteiger partial charge in [0.05, 0.1) is 12.3 Å². The summed E-state index contributed by atoms with van der Waals surface area (Å²) in [7, 11) is 0.937. The molecule has 1 nitrogen and oxygen atoms in total. The number of fused-ring (bicyclic) bond motifs is 1. The van der Waals surface area contributed by atoms with E-state index >= 15 is 0 Å². The Morgan fingerprint density at radius 3 is 2.18 bits per heavy atom. The maximum absolute atomic E-state index is 8.90. The molecular formula is C32H46NSi+. The molecule has 0 spiro atoms. The fourth-order valence-electron chi connectivity index (χ4n) is 5.74. The first-order chi connectivity index (χ1) is 16.5. The molecule has 1 fully saturated rings. The van der Waals surface area contributed by atoms with Crippen molar-refractivity contribution in [3.63, 3.8) is 0 Å². The van der Waals surface area contributed by atoms with Crippen molar-refractivity contribution in [2.75, 3.05) is 0 Å². The van der Waals surface area contributed by atoms with E-state index in [4.69, 9.17) is 2.74 Å². The van der Waals surface area contributed by atoms with E-state index in [-0.39, 0.29) is 17.0 Å². The van der Waals surface area contributed by atoms with Crippen LogP contribution in [0.15, 0.2) is 42.5 Å². The van der Waals surface area contributed by atoms with Crippen molar-refractivity contribution in [1.29, 1.82) is 0 Å². The molecule has 1 saturated heterocycles. The quantitative estimate of drug-likeness (QED) is 0.258. The molecule has 1 aromatic heterocycles. The van der Waals surface area contributed by atoms with Crippen molar-refractivity contribution in [2.24, 2.45) is 7.05 Å². The van der Waals surface area contributed by atoms with Gasteiger partial charge in [0.1, 0.15) is 8.42 Å². The van der Waals surface area contributed by atoms with E-state index < -0.39 is 8.07 Å². The molecule has 34 heavy (non-hydrogen) atoms. The lowest BCUT2D eigenvalue weighted by molar-refractivity contribution is -0.659. The fourth-order valence-corrected chi connectivity index (χ4v) is 8.25. The van der Waals surface area contributed by atoms with Gasteiger partial charge in [-0.25, -0.2) is 4.57 Å². The van der Waals surface area contributed by atoms with Gasteiger partial charge in [0.15, 0.2) is 6.17 Å². The Hall–Kier alpha value is -1.93. The molecule has 1 aliphatic heterocycles. The summed E-state index contributed by atoms with van der Waals surface area (Å²) in [5, 5.41) is 2.01. The molecule has 0 unspecified atom stereocenters. The summed E-state index contributed by atoms with van der Waals surface area (Å²) in [6, 6.07) is 14.6. The van der Waals surface area contributed by atoms with Crippen molar-refractivity contribution in [1.82, 2.24) is 0 Å². The Kier molecular flexibility index (Phi) is 5.71. The minimum absolute atomic E-state index is 0.0128. The van der Waals surface area contributed by atoms with Gasteiger partial charge in [-0.05, 0) is 76.3 Å². The lowest BCUT2D eigenvalue weighted by Gasteiger charge is -2.33. The van der Waals surface area contributed by atoms with Crippen LogP contribution in [0.25, 0.3) is 22.0 Å². The number of hydrogen-bond acceptors (Lipinski definition) is 0. The van der Waals surface area contributed by atoms with Gasteiger partial charge in [-0.1, -0.05) is 84.9 Å². The standard InChI is InChI=1S/C32H46NSi/c1-22-28(20-26(31(2,3)4)21-29(22)32(5,6)7)30-27-12-11-24(19-25(27)13-16-33(30)8)23-14-17-34(9,10)18-15-23/h11-13,16,19-21,23H,14-15,17-18H2,1-10H3/q+1/i13D,16D. The number of aromatic nitrogens is 1. The second-order valence-corrected chi connectivity index (χ2v) is 18.9. The van der Waals surface area contributed by atoms with Crippen LogP contribution in [-0.2, 0) is 17.9 Å². The topological polar surface area (TPSA) is 3.88 Å². The molecule has 0 bridgehead atoms. The molecular weight excluding hydrogens is 426 g/mol. The zero-order chi connectivity index (χ0) is 26.8. The van der Waals surface area contributed by atoms with Crippen LogP contribution in [-0.4, -0.2) is 8.07 Å². The summed E-state index contributed by atoms with van der Waals surface area (Å²) in [6.45, 7) is 20.9. The second kappa shape index (κ2) is 8.62. The molecule has 0 saturated carbocycles. The Morgan fingerprint density at radius 1 is 0.941 bits per heavy atom. The normalized spacial score (nSPS) is 18.2. The lowest BCUT2D eigenvalue weighted by Crippen LogP contribution is -2.31. The first-order valence-corrected chi connectivity index (χ1v) is 16.5. The third-order valence-electron chi connectivity index (χ3n) is 8.14. The summed E-state index contributed by atoms with van der Waals surface area (Å²) < 4.78 is 19.7. The minimum Gasteiger partial charge on any atom is -0.200 e. The highest BCUT2D eigenvalue weighted by atomic mass is 28.3. The van der Waals surface area contributed by atoms with Crippen molar-refractivity contribution in [3.05, 3.63) is 64.8 Å². The number of hydrogen-bond donors (Lipinski definition) is 0. The van der Waals surface area contributed by atoms with Gasteiger partial charge in [-0.3, -0.25) is 0 Å². The van der Waals surface area contributed by atoms with Crippen molar-refractivity contribution in [2.45, 2.75) is 103 Å². The number of pyridine rings is 1. The van der Waals surface area contributed by atoms with E-state index in [2.05, 4.69) is 91.9 Å². The highest BCUT2D eigenvalue weighted by Gasteiger charge is 2.30. The zero-order valence-electron chi connectivity index (χ0n) is 25.2. The van der Waals surface area contributed by atoms with Crippen LogP contribution >= 0.6 is 0 Å². The van der Waals surface area contributed by atoms with Crippen LogP contribution in [0.5, 0.6) is 0 Å². The Labute approximate surface area is 212 Å². The smallest absolute Gasteiger partial charge is 0.200 e. The summed E-state index contributed by atoms with van der Waals surface area (Å²) >= 11 is 0. The summed E-state index contributed by atoms with van der Waals surface area (Å²) in [5.41, 5.74) is 7.57. The third-order valence-corrected chi connectivity index (χ3v) is 11.4. The van der Waals surface area contributed by atoms with E-state index in [0.717, 1.165) is 16.5 Å². The van der Waals surface area contributed by atoms with Gasteiger partial charge in [0, 0.05) is 14.1 Å². The van der Waals surface area contributed by atoms with Crippen molar-refractivity contribution >= 4 is 18.8 Å². The Bertz CT molecular complexity index is 1320. The van der Waals surface area contributed by atoms with Gasteiger partial charge >= 0.3 is 0 Å². The molecule has 0 amide bonds. The fraction of sp³-hybridized carbons (Fsp3) is 0.531. The van der Waals surface area contributed by atoms with Crippen LogP contribution in [0, 0.1) is 6.92 Å². The number of benzene rings is 2. The van der Waals surface area contributed by atoms with Crippen LogP contribution < -0.4 is 4.57 Å². The number of nitrogens with zero attached hydrogens (tertiary/aromatic N) is 1. The van der Waals surface area contributed by atoms with Crippen LogP contribution in [0.2, 0.25) is 25.2 Å². The molecule has 4 rings (SSSR count). The molecule has 0 N–H and O–H groups in total. The maximum atomic E-state index is 8.90. The molecule has 0 aliphatic carbocycles. The molecule has 2 heterocycles. The highest BCUT2D eigenvalue weighted by molar-refractivity contribution is 6.77. The first-order valence-electron chi connectivity index (χ1n) is 14.1. The van der Waals surface area contributed by atoms with Gasteiger partial charge in [-0.15, -0.1) is 0 Å². The van der Waals surface area contributed by atoms with Crippen LogP contribution in [0.1, 0.15) is 85.3 Å². The lowest BCUT2D eigenvalue weighted by atomic mass is 9.76. The zero-order valence-corrected chi connectivity index (χ0v) is 24.2. The van der Waals surface area contributed by atoms with E-state index in [1.54, 1.807) is 0 Å². The largest absolute Gasteiger partial charge is 0.220 e. The second-order valence-electron chi connectivity index (χ2n) is 13.6. The van der Waals surface area contributed by atoms with Crippen molar-refractivity contribution < 1.29 is 7.31 Å². The van der Waals surface area contributed by atoms with Gasteiger partial charge in [0.25, 0.3) is 0 Å². The van der Waals surface area contributed by atoms with E-state index in [0.29, 0.717) is 12.0 Å². The van der Waals surface area contributed by atoms with Gasteiger partial charge < -0.3 is 0 Å². The predicted octanol–water partition coefficient (Wildman–Crippen LogP) is 8.82. The molecule has 2 heteroatoms. The Balaban J connectivity index is 1.98. The summed E-state index contributed by atoms with van der Waals surface area (Å²) in [5.74, 6) is 0.583. The summed E-state index contributed by atoms with van der Waals surface area (Å²) in [6.07, 6.45) is 2.81. The van der Waals surface area contributed by atoms with E-state index in [9.17, 15) is 0 Å². The predicted molar refractivity (Wildman–Crippen MR) is 152 cm³/mol. The van der Waals surface area contributed by atoms with Gasteiger partial charge in [-0.2, -0.15) is 0 Å². The molecule has 3 aromatic rings. The molecule has 182 valence electrons. The van der Waals surface area contributed by atoms with E-state index in [1.807, 2.05) is 11.6 Å². The minimum atomic E-state index is -1.02.